The van der Waals surface area contributed by atoms with Crippen molar-refractivity contribution in [3.8, 4) is 0 Å². The predicted molar refractivity (Wildman–Crippen MR) is 72.9 cm³/mol. The van der Waals surface area contributed by atoms with Gasteiger partial charge in [0.1, 0.15) is 0 Å². The molecule has 0 aromatic heterocycles. The summed E-state index contributed by atoms with van der Waals surface area (Å²) in [4.78, 5) is 0. The van der Waals surface area contributed by atoms with Crippen molar-refractivity contribution in [3.05, 3.63) is 34.9 Å². The largest absolute Gasteiger partial charge is 0.248 e. The van der Waals surface area contributed by atoms with Gasteiger partial charge in [0.2, 0.25) is 0 Å². The van der Waals surface area contributed by atoms with E-state index in [2.05, 4.69) is 49.4 Å². The number of benzene rings is 1. The lowest BCUT2D eigenvalue weighted by molar-refractivity contribution is 0.133. The summed E-state index contributed by atoms with van der Waals surface area (Å²) in [6, 6.07) is 7.21. The maximum absolute atomic E-state index is 3.62. The van der Waals surface area contributed by atoms with Crippen LogP contribution in [0.5, 0.6) is 0 Å². The summed E-state index contributed by atoms with van der Waals surface area (Å²) in [5, 5.41) is 2.38. The van der Waals surface area contributed by atoms with Gasteiger partial charge in [-0.2, -0.15) is 0 Å². The smallest absolute Gasteiger partial charge is 0.0436 e. The highest BCUT2D eigenvalue weighted by molar-refractivity contribution is 5.30. The quantitative estimate of drug-likeness (QED) is 0.859. The highest BCUT2D eigenvalue weighted by atomic mass is 15.5. The first-order valence-electron chi connectivity index (χ1n) is 6.74. The lowest BCUT2D eigenvalue weighted by Crippen LogP contribution is -2.42. The molecule has 0 aliphatic carbocycles. The van der Waals surface area contributed by atoms with Gasteiger partial charge in [0.05, 0.1) is 0 Å². The molecule has 0 bridgehead atoms. The molecule has 2 nitrogen and oxygen atoms in total. The summed E-state index contributed by atoms with van der Waals surface area (Å²) in [7, 11) is 0. The van der Waals surface area contributed by atoms with E-state index in [-0.39, 0.29) is 0 Å². The zero-order valence-corrected chi connectivity index (χ0v) is 11.3. The van der Waals surface area contributed by atoms with Crippen molar-refractivity contribution in [3.63, 3.8) is 0 Å². The van der Waals surface area contributed by atoms with Gasteiger partial charge in [0, 0.05) is 19.1 Å². The first-order valence-corrected chi connectivity index (χ1v) is 6.74. The Morgan fingerprint density at radius 3 is 2.18 bits per heavy atom. The second kappa shape index (κ2) is 5.65. The maximum atomic E-state index is 3.62. The van der Waals surface area contributed by atoms with Crippen molar-refractivity contribution in [2.24, 2.45) is 0 Å². The Bertz CT molecular complexity index is 347. The highest BCUT2D eigenvalue weighted by Crippen LogP contribution is 2.18. The van der Waals surface area contributed by atoms with Gasteiger partial charge in [0.25, 0.3) is 0 Å². The van der Waals surface area contributed by atoms with E-state index >= 15 is 0 Å². The molecule has 1 saturated heterocycles. The van der Waals surface area contributed by atoms with Crippen molar-refractivity contribution in [2.45, 2.75) is 46.1 Å². The second-order valence-corrected chi connectivity index (χ2v) is 5.32. The Kier molecular flexibility index (Phi) is 4.19. The van der Waals surface area contributed by atoms with E-state index in [0.29, 0.717) is 6.04 Å². The van der Waals surface area contributed by atoms with Crippen LogP contribution in [-0.4, -0.2) is 18.1 Å². The molecular weight excluding hydrogens is 208 g/mol. The molecule has 1 N–H and O–H groups in total. The van der Waals surface area contributed by atoms with E-state index < -0.39 is 0 Å². The molecule has 94 valence electrons. The fourth-order valence-electron chi connectivity index (χ4n) is 2.63. The van der Waals surface area contributed by atoms with Crippen LogP contribution >= 0.6 is 0 Å². The molecule has 2 heteroatoms. The summed E-state index contributed by atoms with van der Waals surface area (Å²) in [5.41, 5.74) is 7.73. The standard InChI is InChI=1S/C15H24N2/c1-12-9-13(2)11-15(10-12)14(3)16-17-7-5-4-6-8-17/h9-11,14,16H,4-8H2,1-3H3. The zero-order valence-electron chi connectivity index (χ0n) is 11.3. The molecule has 1 aromatic rings. The van der Waals surface area contributed by atoms with E-state index in [4.69, 9.17) is 0 Å². The number of rotatable bonds is 3. The SMILES string of the molecule is Cc1cc(C)cc(C(C)NN2CCCCC2)c1. The van der Waals surface area contributed by atoms with Crippen LogP contribution in [0.1, 0.15) is 48.9 Å². The number of hydrazine groups is 1. The minimum absolute atomic E-state index is 0.409. The highest BCUT2D eigenvalue weighted by Gasteiger charge is 2.13. The molecule has 17 heavy (non-hydrogen) atoms. The van der Waals surface area contributed by atoms with E-state index in [1.807, 2.05) is 0 Å². The second-order valence-electron chi connectivity index (χ2n) is 5.32. The van der Waals surface area contributed by atoms with Gasteiger partial charge in [-0.15, -0.1) is 0 Å². The topological polar surface area (TPSA) is 15.3 Å². The van der Waals surface area contributed by atoms with Crippen LogP contribution < -0.4 is 5.43 Å². The number of hydrogen-bond acceptors (Lipinski definition) is 2. The van der Waals surface area contributed by atoms with Gasteiger partial charge in [-0.05, 0) is 39.2 Å². The van der Waals surface area contributed by atoms with Crippen LogP contribution in [0.15, 0.2) is 18.2 Å². The van der Waals surface area contributed by atoms with E-state index in [1.165, 1.54) is 49.0 Å². The Labute approximate surface area is 105 Å². The van der Waals surface area contributed by atoms with Crippen LogP contribution in [-0.2, 0) is 0 Å². The monoisotopic (exact) mass is 232 g/mol. The zero-order chi connectivity index (χ0) is 12.3. The number of nitrogens with one attached hydrogen (secondary N) is 1. The van der Waals surface area contributed by atoms with Crippen molar-refractivity contribution in [1.29, 1.82) is 0 Å². The third-order valence-electron chi connectivity index (χ3n) is 3.48. The van der Waals surface area contributed by atoms with Crippen LogP contribution in [0, 0.1) is 13.8 Å². The average Bonchev–Trinajstić information content (AvgIpc) is 2.29. The predicted octanol–water partition coefficient (Wildman–Crippen LogP) is 3.35. The molecule has 1 atom stereocenters. The summed E-state index contributed by atoms with van der Waals surface area (Å²) in [5.74, 6) is 0. The lowest BCUT2D eigenvalue weighted by Gasteiger charge is -2.30. The molecule has 0 saturated carbocycles. The van der Waals surface area contributed by atoms with Crippen LogP contribution in [0.25, 0.3) is 0 Å². The molecule has 1 heterocycles. The molecule has 0 amide bonds. The molecule has 0 radical (unpaired) electrons. The Morgan fingerprint density at radius 2 is 1.59 bits per heavy atom. The third kappa shape index (κ3) is 3.55. The Balaban J connectivity index is 2.00. The first kappa shape index (κ1) is 12.6. The summed E-state index contributed by atoms with van der Waals surface area (Å²) >= 11 is 0. The van der Waals surface area contributed by atoms with Gasteiger partial charge in [-0.25, -0.2) is 10.4 Å². The van der Waals surface area contributed by atoms with Crippen molar-refractivity contribution >= 4 is 0 Å². The van der Waals surface area contributed by atoms with Crippen LogP contribution in [0.4, 0.5) is 0 Å². The molecule has 0 spiro atoms. The van der Waals surface area contributed by atoms with E-state index in [1.54, 1.807) is 0 Å². The molecule has 2 rings (SSSR count). The van der Waals surface area contributed by atoms with Gasteiger partial charge < -0.3 is 0 Å². The summed E-state index contributed by atoms with van der Waals surface area (Å²) in [6.07, 6.45) is 4.04. The average molecular weight is 232 g/mol. The molecule has 1 unspecified atom stereocenters. The van der Waals surface area contributed by atoms with Gasteiger partial charge in [0.15, 0.2) is 0 Å². The molecule has 1 aliphatic rings. The van der Waals surface area contributed by atoms with Crippen LogP contribution in [0.2, 0.25) is 0 Å². The molecule has 1 fully saturated rings. The number of hydrogen-bond donors (Lipinski definition) is 1. The third-order valence-corrected chi connectivity index (χ3v) is 3.48. The minimum atomic E-state index is 0.409. The number of nitrogens with zero attached hydrogens (tertiary/aromatic N) is 1. The summed E-state index contributed by atoms with van der Waals surface area (Å²) in [6.45, 7) is 8.97. The molecular formula is C15H24N2. The van der Waals surface area contributed by atoms with Gasteiger partial charge in [-0.1, -0.05) is 35.7 Å². The molecule has 1 aromatic carbocycles. The van der Waals surface area contributed by atoms with Crippen LogP contribution in [0.3, 0.4) is 0 Å². The van der Waals surface area contributed by atoms with Gasteiger partial charge >= 0.3 is 0 Å². The Morgan fingerprint density at radius 1 is 1.00 bits per heavy atom. The molecule has 1 aliphatic heterocycles. The normalized spacial score (nSPS) is 19.2. The first-order chi connectivity index (χ1) is 8.15. The number of piperidine rings is 1. The van der Waals surface area contributed by atoms with E-state index in [9.17, 15) is 0 Å². The Hall–Kier alpha value is -0.860. The van der Waals surface area contributed by atoms with Gasteiger partial charge in [-0.3, -0.25) is 0 Å². The lowest BCUT2D eigenvalue weighted by atomic mass is 10.0. The maximum Gasteiger partial charge on any atom is 0.0436 e. The van der Waals surface area contributed by atoms with Crippen molar-refractivity contribution in [2.75, 3.05) is 13.1 Å². The van der Waals surface area contributed by atoms with Crippen molar-refractivity contribution in [1.82, 2.24) is 10.4 Å². The number of aryl methyl sites for hydroxylation is 2. The summed E-state index contributed by atoms with van der Waals surface area (Å²) < 4.78 is 0. The van der Waals surface area contributed by atoms with E-state index in [0.717, 1.165) is 0 Å². The fourth-order valence-corrected chi connectivity index (χ4v) is 2.63. The van der Waals surface area contributed by atoms with Crippen molar-refractivity contribution < 1.29 is 0 Å². The minimum Gasteiger partial charge on any atom is -0.248 e. The fraction of sp³-hybridized carbons (Fsp3) is 0.600.